The quantitative estimate of drug-likeness (QED) is 0.256. The van der Waals surface area contributed by atoms with Crippen LogP contribution < -0.4 is 5.32 Å². The summed E-state index contributed by atoms with van der Waals surface area (Å²) in [5, 5.41) is 3.41. The molecule has 4 saturated carbocycles. The maximum absolute atomic E-state index is 14.4. The van der Waals surface area contributed by atoms with Crippen LogP contribution in [-0.2, 0) is 30.4 Å². The Labute approximate surface area is 283 Å². The van der Waals surface area contributed by atoms with Gasteiger partial charge in [-0.15, -0.1) is 0 Å². The van der Waals surface area contributed by atoms with Crippen molar-refractivity contribution in [2.75, 3.05) is 0 Å². The molecule has 0 unspecified atom stereocenters. The van der Waals surface area contributed by atoms with Gasteiger partial charge in [-0.1, -0.05) is 90.4 Å². The van der Waals surface area contributed by atoms with Crippen molar-refractivity contribution in [3.05, 3.63) is 47.5 Å². The molecule has 0 bridgehead atoms. The Morgan fingerprint density at radius 3 is 2.13 bits per heavy atom. The van der Waals surface area contributed by atoms with Gasteiger partial charge in [0.2, 0.25) is 5.91 Å². The first-order chi connectivity index (χ1) is 21.9. The molecule has 0 aromatic heterocycles. The average Bonchev–Trinajstić information content (AvgIpc) is 2.98. The van der Waals surface area contributed by atoms with E-state index in [0.29, 0.717) is 24.8 Å². The lowest BCUT2D eigenvalue weighted by atomic mass is 9.33. The molecule has 1 aromatic rings. The van der Waals surface area contributed by atoms with Crippen LogP contribution in [0.25, 0.3) is 0 Å². The molecule has 0 heterocycles. The van der Waals surface area contributed by atoms with Gasteiger partial charge in [0.05, 0.1) is 5.41 Å². The van der Waals surface area contributed by atoms with Crippen molar-refractivity contribution in [1.82, 2.24) is 5.32 Å². The number of amides is 1. The van der Waals surface area contributed by atoms with Crippen LogP contribution in [0.2, 0.25) is 0 Å². The van der Waals surface area contributed by atoms with Crippen molar-refractivity contribution < 1.29 is 23.9 Å². The van der Waals surface area contributed by atoms with Crippen molar-refractivity contribution in [3.8, 4) is 0 Å². The van der Waals surface area contributed by atoms with Crippen LogP contribution in [-0.4, -0.2) is 30.1 Å². The van der Waals surface area contributed by atoms with Gasteiger partial charge < -0.3 is 14.8 Å². The first kappa shape index (κ1) is 34.2. The molecule has 5 aliphatic carbocycles. The smallest absolute Gasteiger partial charge is 0.303 e. The second-order valence-corrected chi connectivity index (χ2v) is 18.2. The van der Waals surface area contributed by atoms with Gasteiger partial charge in [0.25, 0.3) is 0 Å². The van der Waals surface area contributed by atoms with Crippen molar-refractivity contribution in [2.45, 2.75) is 139 Å². The van der Waals surface area contributed by atoms with Gasteiger partial charge in [-0.05, 0) is 103 Å². The van der Waals surface area contributed by atoms with E-state index < -0.39 is 12.2 Å². The second kappa shape index (κ2) is 11.5. The van der Waals surface area contributed by atoms with Crippen molar-refractivity contribution in [2.24, 2.45) is 50.2 Å². The first-order valence-corrected chi connectivity index (χ1v) is 18.3. The summed E-state index contributed by atoms with van der Waals surface area (Å²) in [6.07, 6.45) is 10.4. The Bertz CT molecular complexity index is 1450. The Kier molecular flexibility index (Phi) is 8.36. The Balaban J connectivity index is 1.37. The lowest BCUT2D eigenvalue weighted by molar-refractivity contribution is -0.243. The van der Waals surface area contributed by atoms with Gasteiger partial charge in [-0.2, -0.15) is 0 Å². The molecule has 47 heavy (non-hydrogen) atoms. The third-order valence-electron chi connectivity index (χ3n) is 14.9. The topological polar surface area (TPSA) is 81.7 Å². The summed E-state index contributed by atoms with van der Waals surface area (Å²) in [5.74, 6) is 0.528. The molecule has 0 aliphatic heterocycles. The second-order valence-electron chi connectivity index (χ2n) is 18.2. The van der Waals surface area contributed by atoms with Crippen molar-refractivity contribution >= 4 is 17.8 Å². The molecule has 0 spiro atoms. The first-order valence-electron chi connectivity index (χ1n) is 18.3. The number of benzene rings is 1. The molecule has 0 saturated heterocycles. The van der Waals surface area contributed by atoms with E-state index in [4.69, 9.17) is 9.47 Å². The van der Waals surface area contributed by atoms with Crippen LogP contribution in [0.4, 0.5) is 0 Å². The van der Waals surface area contributed by atoms with Gasteiger partial charge >= 0.3 is 11.9 Å². The van der Waals surface area contributed by atoms with Crippen LogP contribution in [0.5, 0.6) is 0 Å². The zero-order valence-electron chi connectivity index (χ0n) is 30.5. The summed E-state index contributed by atoms with van der Waals surface area (Å²) in [5.41, 5.74) is 2.04. The molecule has 5 aliphatic rings. The minimum atomic E-state index is -0.473. The molecule has 1 aromatic carbocycles. The maximum atomic E-state index is 14.4. The van der Waals surface area contributed by atoms with E-state index in [-0.39, 0.29) is 56.3 Å². The number of hydrogen-bond acceptors (Lipinski definition) is 5. The van der Waals surface area contributed by atoms with Gasteiger partial charge in [-0.3, -0.25) is 14.4 Å². The lowest BCUT2D eigenvalue weighted by Gasteiger charge is -2.71. The fourth-order valence-electron chi connectivity index (χ4n) is 12.4. The highest BCUT2D eigenvalue weighted by Crippen LogP contribution is 2.76. The molecule has 1 N–H and O–H groups in total. The molecule has 6 nitrogen and oxygen atoms in total. The molecule has 9 atom stereocenters. The van der Waals surface area contributed by atoms with Crippen LogP contribution in [0.15, 0.2) is 42.0 Å². The highest BCUT2D eigenvalue weighted by atomic mass is 16.6. The molecule has 4 fully saturated rings. The molecule has 0 radical (unpaired) electrons. The SMILES string of the molecule is CC(=O)O[C@H]1C[C@]2(C)[C@H]3CC=C4[C@@H]5CC(C)(C)CC[C@]5(C(=O)NCc5ccccc5)CC[C@@]4(C)[C@]3(C)CC[C@H]2C(C)(C)[C@@H]1OC(C)=O. The molecule has 6 rings (SSSR count). The van der Waals surface area contributed by atoms with E-state index in [0.717, 1.165) is 56.9 Å². The van der Waals surface area contributed by atoms with E-state index in [1.54, 1.807) is 0 Å². The van der Waals surface area contributed by atoms with E-state index >= 15 is 0 Å². The summed E-state index contributed by atoms with van der Waals surface area (Å²) in [6.45, 7) is 20.2. The number of fused-ring (bicyclic) bond motifs is 7. The van der Waals surface area contributed by atoms with Crippen LogP contribution in [0, 0.1) is 50.2 Å². The zero-order chi connectivity index (χ0) is 34.2. The highest BCUT2D eigenvalue weighted by Gasteiger charge is 2.70. The zero-order valence-corrected chi connectivity index (χ0v) is 30.5. The number of rotatable bonds is 5. The third-order valence-corrected chi connectivity index (χ3v) is 14.9. The summed E-state index contributed by atoms with van der Waals surface area (Å²) < 4.78 is 12.0. The van der Waals surface area contributed by atoms with Gasteiger partial charge in [-0.25, -0.2) is 0 Å². The van der Waals surface area contributed by atoms with Crippen LogP contribution in [0.3, 0.4) is 0 Å². The van der Waals surface area contributed by atoms with Crippen LogP contribution in [0.1, 0.15) is 126 Å². The fraction of sp³-hybridized carbons (Fsp3) is 0.732. The summed E-state index contributed by atoms with van der Waals surface area (Å²) in [7, 11) is 0. The molecule has 6 heteroatoms. The standard InChI is InChI=1S/C41H59NO5/c1-26(43)46-31-24-38(7)32(37(5,6)34(31)47-27(2)44)17-18-40(9)33(38)16-15-29-30-23-36(3,4)19-21-41(30,22-20-39(29,40)8)35(45)42-25-28-13-11-10-12-14-28/h10-15,30-34H,16-25H2,1-9H3,(H,42,45)/t30-,31-,32-,33+,34+,38-,39+,40+,41-/m0/s1. The number of carbonyl (C=O) groups is 3. The summed E-state index contributed by atoms with van der Waals surface area (Å²) in [6, 6.07) is 10.3. The normalized spacial score (nSPS) is 41.5. The monoisotopic (exact) mass is 645 g/mol. The minimum absolute atomic E-state index is 0.0288. The van der Waals surface area contributed by atoms with Crippen molar-refractivity contribution in [1.29, 1.82) is 0 Å². The Hall–Kier alpha value is -2.63. The van der Waals surface area contributed by atoms with Crippen LogP contribution >= 0.6 is 0 Å². The molecule has 258 valence electrons. The van der Waals surface area contributed by atoms with Gasteiger partial charge in [0.1, 0.15) is 12.2 Å². The fourth-order valence-corrected chi connectivity index (χ4v) is 12.4. The minimum Gasteiger partial charge on any atom is -0.459 e. The van der Waals surface area contributed by atoms with Gasteiger partial charge in [0.15, 0.2) is 0 Å². The summed E-state index contributed by atoms with van der Waals surface area (Å²) in [4.78, 5) is 39.1. The maximum Gasteiger partial charge on any atom is 0.303 e. The summed E-state index contributed by atoms with van der Waals surface area (Å²) >= 11 is 0. The number of esters is 2. The highest BCUT2D eigenvalue weighted by molar-refractivity contribution is 5.84. The predicted octanol–water partition coefficient (Wildman–Crippen LogP) is 8.58. The van der Waals surface area contributed by atoms with E-state index in [1.165, 1.54) is 19.4 Å². The average molecular weight is 646 g/mol. The number of ether oxygens (including phenoxy) is 2. The molecular weight excluding hydrogens is 586 g/mol. The van der Waals surface area contributed by atoms with Gasteiger partial charge in [0, 0.05) is 25.8 Å². The Morgan fingerprint density at radius 2 is 1.47 bits per heavy atom. The number of nitrogens with one attached hydrogen (secondary N) is 1. The largest absolute Gasteiger partial charge is 0.459 e. The predicted molar refractivity (Wildman–Crippen MR) is 184 cm³/mol. The van der Waals surface area contributed by atoms with Crippen molar-refractivity contribution in [3.63, 3.8) is 0 Å². The molecular formula is C41H59NO5. The third kappa shape index (κ3) is 5.30. The van der Waals surface area contributed by atoms with E-state index in [9.17, 15) is 14.4 Å². The molecule has 1 amide bonds. The van der Waals surface area contributed by atoms with E-state index in [2.05, 4.69) is 72.0 Å². The Morgan fingerprint density at radius 1 is 0.809 bits per heavy atom. The number of carbonyl (C=O) groups excluding carboxylic acids is 3. The number of allylic oxidation sites excluding steroid dienone is 2. The van der Waals surface area contributed by atoms with E-state index in [1.807, 2.05) is 18.2 Å². The lowest BCUT2D eigenvalue weighted by Crippen LogP contribution is -2.68. The number of hydrogen-bond donors (Lipinski definition) is 1.